The number of aryl methyl sites for hydroxylation is 1. The fraction of sp³-hybridized carbons (Fsp3) is 0.824. The lowest BCUT2D eigenvalue weighted by Gasteiger charge is -2.26. The average Bonchev–Trinajstić information content (AvgIpc) is 2.87. The fourth-order valence-electron chi connectivity index (χ4n) is 3.00. The van der Waals surface area contributed by atoms with E-state index in [4.69, 9.17) is 10.8 Å². The van der Waals surface area contributed by atoms with Crippen molar-refractivity contribution in [2.24, 2.45) is 11.1 Å². The van der Waals surface area contributed by atoms with Crippen LogP contribution >= 0.6 is 0 Å². The van der Waals surface area contributed by atoms with Gasteiger partial charge in [0, 0.05) is 12.2 Å². The van der Waals surface area contributed by atoms with Gasteiger partial charge in [-0.1, -0.05) is 40.0 Å². The molecule has 3 heteroatoms. The summed E-state index contributed by atoms with van der Waals surface area (Å²) in [4.78, 5) is 0. The summed E-state index contributed by atoms with van der Waals surface area (Å²) in [6.45, 7) is 6.65. The smallest absolute Gasteiger partial charge is 0.0624 e. The van der Waals surface area contributed by atoms with E-state index in [0.717, 1.165) is 19.3 Å². The first-order valence-electron chi connectivity index (χ1n) is 8.26. The Morgan fingerprint density at radius 1 is 1.30 bits per heavy atom. The molecule has 0 aliphatic heterocycles. The van der Waals surface area contributed by atoms with E-state index in [-0.39, 0.29) is 11.5 Å². The summed E-state index contributed by atoms with van der Waals surface area (Å²) in [6.07, 6.45) is 12.2. The van der Waals surface area contributed by atoms with E-state index < -0.39 is 0 Å². The molecule has 1 heterocycles. The van der Waals surface area contributed by atoms with Gasteiger partial charge in [-0.25, -0.2) is 0 Å². The molecule has 20 heavy (non-hydrogen) atoms. The van der Waals surface area contributed by atoms with Crippen molar-refractivity contribution in [2.45, 2.75) is 84.2 Å². The standard InChI is InChI=1S/C17H31N3/c1-17(2,3)16(18)11-7-8-14-12-13-20(19-14)15-9-5-4-6-10-15/h12-13,15-16H,4-11,18H2,1-3H3. The summed E-state index contributed by atoms with van der Waals surface area (Å²) in [7, 11) is 0. The lowest BCUT2D eigenvalue weighted by molar-refractivity contribution is 0.300. The molecule has 3 nitrogen and oxygen atoms in total. The maximum Gasteiger partial charge on any atom is 0.0624 e. The molecule has 1 aliphatic rings. The van der Waals surface area contributed by atoms with Gasteiger partial charge in [0.25, 0.3) is 0 Å². The zero-order chi connectivity index (χ0) is 14.6. The van der Waals surface area contributed by atoms with E-state index in [9.17, 15) is 0 Å². The van der Waals surface area contributed by atoms with Gasteiger partial charge in [0.15, 0.2) is 0 Å². The summed E-state index contributed by atoms with van der Waals surface area (Å²) in [5.41, 5.74) is 7.65. The van der Waals surface area contributed by atoms with Crippen LogP contribution in [0.4, 0.5) is 0 Å². The Morgan fingerprint density at radius 2 is 2.00 bits per heavy atom. The number of nitrogens with two attached hydrogens (primary N) is 1. The molecule has 1 aromatic rings. The van der Waals surface area contributed by atoms with E-state index in [1.165, 1.54) is 37.8 Å². The van der Waals surface area contributed by atoms with E-state index in [1.807, 2.05) is 0 Å². The van der Waals surface area contributed by atoms with Crippen LogP contribution in [-0.4, -0.2) is 15.8 Å². The molecule has 1 aromatic heterocycles. The van der Waals surface area contributed by atoms with Gasteiger partial charge >= 0.3 is 0 Å². The summed E-state index contributed by atoms with van der Waals surface area (Å²) in [6, 6.07) is 3.12. The van der Waals surface area contributed by atoms with E-state index in [0.29, 0.717) is 6.04 Å². The number of aromatic nitrogens is 2. The molecule has 1 saturated carbocycles. The molecule has 2 N–H and O–H groups in total. The molecule has 0 bridgehead atoms. The SMILES string of the molecule is CC(C)(C)C(N)CCCc1ccn(C2CCCCC2)n1. The first kappa shape index (κ1) is 15.6. The maximum absolute atomic E-state index is 6.21. The Balaban J connectivity index is 1.78. The third kappa shape index (κ3) is 4.34. The Labute approximate surface area is 123 Å². The zero-order valence-corrected chi connectivity index (χ0v) is 13.4. The monoisotopic (exact) mass is 277 g/mol. The summed E-state index contributed by atoms with van der Waals surface area (Å²) >= 11 is 0. The Morgan fingerprint density at radius 3 is 2.65 bits per heavy atom. The van der Waals surface area contributed by atoms with Crippen molar-refractivity contribution in [3.05, 3.63) is 18.0 Å². The molecule has 1 unspecified atom stereocenters. The molecular weight excluding hydrogens is 246 g/mol. The van der Waals surface area contributed by atoms with Gasteiger partial charge in [-0.15, -0.1) is 0 Å². The largest absolute Gasteiger partial charge is 0.327 e. The van der Waals surface area contributed by atoms with Crippen LogP contribution in [0.1, 0.15) is 77.5 Å². The van der Waals surface area contributed by atoms with Crippen molar-refractivity contribution < 1.29 is 0 Å². The van der Waals surface area contributed by atoms with Crippen LogP contribution in [0.5, 0.6) is 0 Å². The minimum Gasteiger partial charge on any atom is -0.327 e. The molecule has 0 radical (unpaired) electrons. The molecule has 0 amide bonds. The molecule has 0 saturated heterocycles. The zero-order valence-electron chi connectivity index (χ0n) is 13.4. The van der Waals surface area contributed by atoms with Crippen molar-refractivity contribution in [1.29, 1.82) is 0 Å². The molecule has 0 aromatic carbocycles. The van der Waals surface area contributed by atoms with Crippen LogP contribution in [0.2, 0.25) is 0 Å². The van der Waals surface area contributed by atoms with Crippen molar-refractivity contribution in [3.63, 3.8) is 0 Å². The topological polar surface area (TPSA) is 43.8 Å². The highest BCUT2D eigenvalue weighted by molar-refractivity contribution is 5.00. The molecule has 1 aliphatic carbocycles. The van der Waals surface area contributed by atoms with Crippen LogP contribution in [0.3, 0.4) is 0 Å². The van der Waals surface area contributed by atoms with Crippen LogP contribution < -0.4 is 5.73 Å². The van der Waals surface area contributed by atoms with Gasteiger partial charge in [0.1, 0.15) is 0 Å². The second-order valence-corrected chi connectivity index (χ2v) is 7.44. The first-order chi connectivity index (χ1) is 9.47. The van der Waals surface area contributed by atoms with Gasteiger partial charge in [-0.05, 0) is 43.6 Å². The van der Waals surface area contributed by atoms with Crippen molar-refractivity contribution in [2.75, 3.05) is 0 Å². The summed E-state index contributed by atoms with van der Waals surface area (Å²) in [5, 5.41) is 4.77. The van der Waals surface area contributed by atoms with Gasteiger partial charge in [-0.3, -0.25) is 4.68 Å². The van der Waals surface area contributed by atoms with Crippen LogP contribution in [-0.2, 0) is 6.42 Å². The van der Waals surface area contributed by atoms with E-state index >= 15 is 0 Å². The van der Waals surface area contributed by atoms with Crippen molar-refractivity contribution in [1.82, 2.24) is 9.78 Å². The van der Waals surface area contributed by atoms with Gasteiger partial charge in [0.05, 0.1) is 11.7 Å². The maximum atomic E-state index is 6.21. The van der Waals surface area contributed by atoms with Crippen molar-refractivity contribution >= 4 is 0 Å². The summed E-state index contributed by atoms with van der Waals surface area (Å²) in [5.74, 6) is 0. The van der Waals surface area contributed by atoms with E-state index in [1.54, 1.807) is 0 Å². The Kier molecular flexibility index (Phi) is 5.25. The lowest BCUT2D eigenvalue weighted by Crippen LogP contribution is -2.34. The number of hydrogen-bond acceptors (Lipinski definition) is 2. The van der Waals surface area contributed by atoms with Gasteiger partial charge < -0.3 is 5.73 Å². The Hall–Kier alpha value is -0.830. The first-order valence-corrected chi connectivity index (χ1v) is 8.26. The molecular formula is C17H31N3. The minimum atomic E-state index is 0.210. The summed E-state index contributed by atoms with van der Waals surface area (Å²) < 4.78 is 2.21. The van der Waals surface area contributed by atoms with Crippen LogP contribution in [0.15, 0.2) is 12.3 Å². The molecule has 2 rings (SSSR count). The minimum absolute atomic E-state index is 0.210. The third-order valence-corrected chi connectivity index (χ3v) is 4.67. The normalized spacial score (nSPS) is 19.2. The van der Waals surface area contributed by atoms with Crippen LogP contribution in [0.25, 0.3) is 0 Å². The molecule has 0 spiro atoms. The number of rotatable bonds is 5. The van der Waals surface area contributed by atoms with Crippen LogP contribution in [0, 0.1) is 5.41 Å². The highest BCUT2D eigenvalue weighted by Gasteiger charge is 2.20. The molecule has 1 atom stereocenters. The highest BCUT2D eigenvalue weighted by atomic mass is 15.3. The fourth-order valence-corrected chi connectivity index (χ4v) is 3.00. The predicted octanol–water partition coefficient (Wildman–Crippen LogP) is 4.08. The van der Waals surface area contributed by atoms with E-state index in [2.05, 4.69) is 37.7 Å². The number of nitrogens with zero attached hydrogens (tertiary/aromatic N) is 2. The predicted molar refractivity (Wildman–Crippen MR) is 84.7 cm³/mol. The second kappa shape index (κ2) is 6.75. The average molecular weight is 277 g/mol. The third-order valence-electron chi connectivity index (χ3n) is 4.67. The highest BCUT2D eigenvalue weighted by Crippen LogP contribution is 2.27. The van der Waals surface area contributed by atoms with Gasteiger partial charge in [-0.2, -0.15) is 5.10 Å². The van der Waals surface area contributed by atoms with Gasteiger partial charge in [0.2, 0.25) is 0 Å². The number of hydrogen-bond donors (Lipinski definition) is 1. The van der Waals surface area contributed by atoms with Crippen molar-refractivity contribution in [3.8, 4) is 0 Å². The quantitative estimate of drug-likeness (QED) is 0.881. The molecule has 1 fully saturated rings. The molecule has 114 valence electrons. The lowest BCUT2D eigenvalue weighted by atomic mass is 9.84. The Bertz CT molecular complexity index is 397. The second-order valence-electron chi connectivity index (χ2n) is 7.44.